The Bertz CT molecular complexity index is 282. The second-order valence-electron chi connectivity index (χ2n) is 3.32. The van der Waals surface area contributed by atoms with Crippen LogP contribution in [0.1, 0.15) is 12.1 Å². The molecule has 0 bridgehead atoms. The van der Waals surface area contributed by atoms with Gasteiger partial charge in [-0.1, -0.05) is 0 Å². The Hall–Kier alpha value is -1.09. The van der Waals surface area contributed by atoms with Crippen LogP contribution >= 0.6 is 0 Å². The number of hydrogen-bond acceptors (Lipinski definition) is 3. The van der Waals surface area contributed by atoms with Gasteiger partial charge in [0.05, 0.1) is 5.69 Å². The normalized spacial score (nSPS) is 21.8. The fraction of sp³-hybridized carbons (Fsp3) is 0.500. The van der Waals surface area contributed by atoms with Gasteiger partial charge in [0.15, 0.2) is 0 Å². The minimum absolute atomic E-state index is 0.322. The maximum absolute atomic E-state index is 5.78. The third-order valence-electron chi connectivity index (χ3n) is 2.27. The Kier molecular flexibility index (Phi) is 2.45. The molecule has 1 aromatic heterocycles. The van der Waals surface area contributed by atoms with Crippen LogP contribution in [0.3, 0.4) is 0 Å². The molecule has 1 N–H and O–H groups in total. The Balaban J connectivity index is 2.04. The Morgan fingerprint density at radius 1 is 1.62 bits per heavy atom. The number of hydrogen-bond donors (Lipinski definition) is 1. The van der Waals surface area contributed by atoms with Crippen molar-refractivity contribution in [3.63, 3.8) is 0 Å². The number of nitrogens with one attached hydrogen (secondary N) is 1. The zero-order chi connectivity index (χ0) is 9.10. The van der Waals surface area contributed by atoms with Crippen molar-refractivity contribution in [3.8, 4) is 5.75 Å². The minimum atomic E-state index is 0.322. The Morgan fingerprint density at radius 3 is 3.23 bits per heavy atom. The molecule has 1 aliphatic rings. The first-order valence-corrected chi connectivity index (χ1v) is 4.65. The standard InChI is InChI=1S/C10H14N2O/c1-8-10(3-2-5-12-8)13-9-4-6-11-7-9/h2-3,5,9,11H,4,6-7H2,1H3/t9-/m0/s1. The number of aryl methyl sites for hydroxylation is 1. The lowest BCUT2D eigenvalue weighted by Gasteiger charge is -2.13. The van der Waals surface area contributed by atoms with Gasteiger partial charge in [-0.2, -0.15) is 0 Å². The van der Waals surface area contributed by atoms with Crippen LogP contribution < -0.4 is 10.1 Å². The molecule has 2 rings (SSSR count). The summed E-state index contributed by atoms with van der Waals surface area (Å²) in [6.45, 7) is 3.98. The average molecular weight is 178 g/mol. The summed E-state index contributed by atoms with van der Waals surface area (Å²) in [5.74, 6) is 0.913. The van der Waals surface area contributed by atoms with E-state index >= 15 is 0 Å². The molecule has 1 aliphatic heterocycles. The fourth-order valence-corrected chi connectivity index (χ4v) is 1.50. The molecule has 0 amide bonds. The summed E-state index contributed by atoms with van der Waals surface area (Å²) in [5, 5.41) is 3.27. The van der Waals surface area contributed by atoms with Gasteiger partial charge in [-0.25, -0.2) is 0 Å². The van der Waals surface area contributed by atoms with Crippen LogP contribution in [-0.4, -0.2) is 24.2 Å². The largest absolute Gasteiger partial charge is 0.487 e. The van der Waals surface area contributed by atoms with Crippen molar-refractivity contribution in [1.82, 2.24) is 10.3 Å². The third-order valence-corrected chi connectivity index (χ3v) is 2.27. The second kappa shape index (κ2) is 3.75. The highest BCUT2D eigenvalue weighted by molar-refractivity contribution is 5.25. The highest BCUT2D eigenvalue weighted by Crippen LogP contribution is 2.17. The lowest BCUT2D eigenvalue weighted by atomic mass is 10.3. The van der Waals surface area contributed by atoms with Crippen molar-refractivity contribution in [2.45, 2.75) is 19.4 Å². The van der Waals surface area contributed by atoms with Crippen molar-refractivity contribution in [2.24, 2.45) is 0 Å². The molecule has 0 aromatic carbocycles. The summed E-state index contributed by atoms with van der Waals surface area (Å²) in [4.78, 5) is 4.18. The third kappa shape index (κ3) is 1.98. The van der Waals surface area contributed by atoms with Crippen molar-refractivity contribution in [2.75, 3.05) is 13.1 Å². The summed E-state index contributed by atoms with van der Waals surface area (Å²) in [6.07, 6.45) is 3.20. The molecule has 3 heteroatoms. The quantitative estimate of drug-likeness (QED) is 0.737. The molecule has 0 radical (unpaired) electrons. The Labute approximate surface area is 78.1 Å². The molecule has 3 nitrogen and oxygen atoms in total. The van der Waals surface area contributed by atoms with E-state index in [1.807, 2.05) is 19.1 Å². The van der Waals surface area contributed by atoms with Crippen LogP contribution in [0.15, 0.2) is 18.3 Å². The van der Waals surface area contributed by atoms with Crippen LogP contribution in [0, 0.1) is 6.92 Å². The van der Waals surface area contributed by atoms with E-state index in [1.165, 1.54) is 0 Å². The highest BCUT2D eigenvalue weighted by atomic mass is 16.5. The SMILES string of the molecule is Cc1ncccc1O[C@H]1CCNC1. The van der Waals surface area contributed by atoms with Crippen LogP contribution in [-0.2, 0) is 0 Å². The van der Waals surface area contributed by atoms with Crippen molar-refractivity contribution >= 4 is 0 Å². The molecule has 70 valence electrons. The van der Waals surface area contributed by atoms with Crippen LogP contribution in [0.25, 0.3) is 0 Å². The maximum atomic E-state index is 5.78. The molecule has 0 saturated carbocycles. The summed E-state index contributed by atoms with van der Waals surface area (Å²) in [7, 11) is 0. The van der Waals surface area contributed by atoms with Crippen molar-refractivity contribution in [3.05, 3.63) is 24.0 Å². The number of ether oxygens (including phenoxy) is 1. The zero-order valence-electron chi connectivity index (χ0n) is 7.79. The molecular weight excluding hydrogens is 164 g/mol. The van der Waals surface area contributed by atoms with E-state index in [4.69, 9.17) is 4.74 Å². The molecule has 1 aromatic rings. The topological polar surface area (TPSA) is 34.1 Å². The first-order chi connectivity index (χ1) is 6.36. The molecule has 13 heavy (non-hydrogen) atoms. The van der Waals surface area contributed by atoms with Gasteiger partial charge in [-0.3, -0.25) is 4.98 Å². The van der Waals surface area contributed by atoms with Gasteiger partial charge in [0.2, 0.25) is 0 Å². The van der Waals surface area contributed by atoms with E-state index in [-0.39, 0.29) is 0 Å². The monoisotopic (exact) mass is 178 g/mol. The zero-order valence-corrected chi connectivity index (χ0v) is 7.79. The van der Waals surface area contributed by atoms with E-state index < -0.39 is 0 Å². The first kappa shape index (κ1) is 8.51. The minimum Gasteiger partial charge on any atom is -0.487 e. The molecule has 2 heterocycles. The lowest BCUT2D eigenvalue weighted by Crippen LogP contribution is -2.20. The van der Waals surface area contributed by atoms with Gasteiger partial charge in [-0.05, 0) is 32.0 Å². The number of aromatic nitrogens is 1. The van der Waals surface area contributed by atoms with Gasteiger partial charge in [0.1, 0.15) is 11.9 Å². The predicted octanol–water partition coefficient (Wildman–Crippen LogP) is 1.13. The van der Waals surface area contributed by atoms with Crippen molar-refractivity contribution < 1.29 is 4.74 Å². The van der Waals surface area contributed by atoms with E-state index in [1.54, 1.807) is 6.20 Å². The predicted molar refractivity (Wildman–Crippen MR) is 50.9 cm³/mol. The van der Waals surface area contributed by atoms with Gasteiger partial charge >= 0.3 is 0 Å². The highest BCUT2D eigenvalue weighted by Gasteiger charge is 2.16. The smallest absolute Gasteiger partial charge is 0.140 e. The van der Waals surface area contributed by atoms with Gasteiger partial charge in [-0.15, -0.1) is 0 Å². The molecular formula is C10H14N2O. The maximum Gasteiger partial charge on any atom is 0.140 e. The average Bonchev–Trinajstić information content (AvgIpc) is 2.61. The van der Waals surface area contributed by atoms with Gasteiger partial charge in [0.25, 0.3) is 0 Å². The van der Waals surface area contributed by atoms with Crippen LogP contribution in [0.4, 0.5) is 0 Å². The Morgan fingerprint density at radius 2 is 2.54 bits per heavy atom. The van der Waals surface area contributed by atoms with E-state index in [0.29, 0.717) is 6.10 Å². The summed E-state index contributed by atoms with van der Waals surface area (Å²) < 4.78 is 5.78. The summed E-state index contributed by atoms with van der Waals surface area (Å²) in [5.41, 5.74) is 0.967. The number of nitrogens with zero attached hydrogens (tertiary/aromatic N) is 1. The van der Waals surface area contributed by atoms with Crippen molar-refractivity contribution in [1.29, 1.82) is 0 Å². The molecule has 1 fully saturated rings. The summed E-state index contributed by atoms with van der Waals surface area (Å²) >= 11 is 0. The molecule has 1 saturated heterocycles. The van der Waals surface area contributed by atoms with E-state index in [9.17, 15) is 0 Å². The fourth-order valence-electron chi connectivity index (χ4n) is 1.50. The number of rotatable bonds is 2. The number of pyridine rings is 1. The van der Waals surface area contributed by atoms with Gasteiger partial charge < -0.3 is 10.1 Å². The lowest BCUT2D eigenvalue weighted by molar-refractivity contribution is 0.220. The van der Waals surface area contributed by atoms with Gasteiger partial charge in [0, 0.05) is 12.7 Å². The molecule has 0 aliphatic carbocycles. The van der Waals surface area contributed by atoms with E-state index in [0.717, 1.165) is 31.0 Å². The van der Waals surface area contributed by atoms with E-state index in [2.05, 4.69) is 10.3 Å². The molecule has 0 spiro atoms. The molecule has 1 atom stereocenters. The second-order valence-corrected chi connectivity index (χ2v) is 3.32. The van der Waals surface area contributed by atoms with Crippen LogP contribution in [0.5, 0.6) is 5.75 Å². The summed E-state index contributed by atoms with van der Waals surface area (Å²) in [6, 6.07) is 3.88. The first-order valence-electron chi connectivity index (χ1n) is 4.65. The van der Waals surface area contributed by atoms with Crippen LogP contribution in [0.2, 0.25) is 0 Å². The molecule has 0 unspecified atom stereocenters.